The number of nitrogens with one attached hydrogen (secondary N) is 1. The van der Waals surface area contributed by atoms with Gasteiger partial charge in [-0.05, 0) is 35.7 Å². The van der Waals surface area contributed by atoms with Gasteiger partial charge in [0.1, 0.15) is 5.56 Å². The second-order valence-electron chi connectivity index (χ2n) is 5.41. The summed E-state index contributed by atoms with van der Waals surface area (Å²) in [7, 11) is 0. The fourth-order valence-corrected chi connectivity index (χ4v) is 2.59. The van der Waals surface area contributed by atoms with Crippen LogP contribution in [0.4, 0.5) is 11.6 Å². The highest BCUT2D eigenvalue weighted by molar-refractivity contribution is 9.10. The molecule has 0 amide bonds. The number of hydrogen-bond donors (Lipinski definition) is 1. The molecule has 24 heavy (non-hydrogen) atoms. The molecule has 9 heteroatoms. The molecule has 8 nitrogen and oxygen atoms in total. The Bertz CT molecular complexity index is 800. The van der Waals surface area contributed by atoms with Crippen LogP contribution in [0.25, 0.3) is 0 Å². The molecule has 0 radical (unpaired) electrons. The maximum atomic E-state index is 12.0. The molecule has 2 heterocycles. The number of aromatic nitrogens is 4. The van der Waals surface area contributed by atoms with Crippen LogP contribution < -0.4 is 5.32 Å². The van der Waals surface area contributed by atoms with E-state index in [0.29, 0.717) is 16.5 Å². The van der Waals surface area contributed by atoms with Crippen LogP contribution in [0, 0.1) is 0 Å². The van der Waals surface area contributed by atoms with Crippen LogP contribution in [0.2, 0.25) is 0 Å². The van der Waals surface area contributed by atoms with E-state index < -0.39 is 5.97 Å². The van der Waals surface area contributed by atoms with E-state index in [9.17, 15) is 9.59 Å². The summed E-state index contributed by atoms with van der Waals surface area (Å²) < 4.78 is 6.72. The van der Waals surface area contributed by atoms with Gasteiger partial charge in [-0.1, -0.05) is 0 Å². The summed E-state index contributed by atoms with van der Waals surface area (Å²) in [5.41, 5.74) is 1.07. The average Bonchev–Trinajstić information content (AvgIpc) is 3.28. The van der Waals surface area contributed by atoms with Gasteiger partial charge in [-0.15, -0.1) is 5.10 Å². The van der Waals surface area contributed by atoms with E-state index in [1.165, 1.54) is 17.8 Å². The molecule has 3 rings (SSSR count). The number of halogens is 1. The summed E-state index contributed by atoms with van der Waals surface area (Å²) in [6, 6.07) is 1.81. The maximum absolute atomic E-state index is 12.0. The molecule has 1 saturated carbocycles. The van der Waals surface area contributed by atoms with Gasteiger partial charge in [-0.3, -0.25) is 4.79 Å². The number of hydrogen-bond acceptors (Lipinski definition) is 7. The molecule has 0 spiro atoms. The molecule has 126 valence electrons. The van der Waals surface area contributed by atoms with Crippen molar-refractivity contribution in [2.24, 2.45) is 0 Å². The van der Waals surface area contributed by atoms with Crippen LogP contribution in [0.1, 0.15) is 53.5 Å². The molecule has 1 aliphatic carbocycles. The predicted molar refractivity (Wildman–Crippen MR) is 89.5 cm³/mol. The summed E-state index contributed by atoms with van der Waals surface area (Å²) in [5.74, 6) is 0.396. The Morgan fingerprint density at radius 3 is 2.83 bits per heavy atom. The maximum Gasteiger partial charge on any atom is 0.343 e. The number of esters is 1. The first-order chi connectivity index (χ1) is 11.5. The number of rotatable bonds is 5. The molecular weight excluding hydrogens is 378 g/mol. The number of carbonyl (C=O) groups excluding carboxylic acids is 2. The fraction of sp³-hybridized carbons (Fsp3) is 0.400. The third kappa shape index (κ3) is 3.45. The summed E-state index contributed by atoms with van der Waals surface area (Å²) in [6.45, 7) is 3.44. The molecule has 0 bridgehead atoms. The zero-order chi connectivity index (χ0) is 17.3. The van der Waals surface area contributed by atoms with Crippen LogP contribution >= 0.6 is 15.9 Å². The molecule has 0 aromatic carbocycles. The Balaban J connectivity index is 1.93. The van der Waals surface area contributed by atoms with Crippen LogP contribution in [0.15, 0.2) is 17.0 Å². The van der Waals surface area contributed by atoms with E-state index in [4.69, 9.17) is 4.74 Å². The van der Waals surface area contributed by atoms with Crippen molar-refractivity contribution in [3.8, 4) is 0 Å². The molecule has 1 aliphatic rings. The van der Waals surface area contributed by atoms with Gasteiger partial charge in [0.05, 0.1) is 12.3 Å². The molecule has 0 atom stereocenters. The molecule has 0 saturated heterocycles. The molecule has 0 unspecified atom stereocenters. The predicted octanol–water partition coefficient (Wildman–Crippen LogP) is 2.89. The summed E-state index contributed by atoms with van der Waals surface area (Å²) in [4.78, 5) is 31.9. The van der Waals surface area contributed by atoms with Crippen LogP contribution in [0.5, 0.6) is 0 Å². The van der Waals surface area contributed by atoms with E-state index >= 15 is 0 Å². The first-order valence-corrected chi connectivity index (χ1v) is 8.36. The lowest BCUT2D eigenvalue weighted by Gasteiger charge is -2.08. The van der Waals surface area contributed by atoms with Crippen molar-refractivity contribution in [1.29, 1.82) is 0 Å². The number of anilines is 2. The van der Waals surface area contributed by atoms with E-state index in [1.54, 1.807) is 6.92 Å². The van der Waals surface area contributed by atoms with Gasteiger partial charge in [0, 0.05) is 25.1 Å². The van der Waals surface area contributed by atoms with E-state index in [1.807, 2.05) is 6.07 Å². The Labute approximate surface area is 146 Å². The molecule has 1 N–H and O–H groups in total. The Morgan fingerprint density at radius 2 is 2.21 bits per heavy atom. The van der Waals surface area contributed by atoms with Crippen molar-refractivity contribution in [3.63, 3.8) is 0 Å². The van der Waals surface area contributed by atoms with Gasteiger partial charge >= 0.3 is 5.97 Å². The van der Waals surface area contributed by atoms with Gasteiger partial charge < -0.3 is 10.1 Å². The van der Waals surface area contributed by atoms with Crippen molar-refractivity contribution < 1.29 is 14.3 Å². The normalized spacial score (nSPS) is 13.6. The second-order valence-corrected chi connectivity index (χ2v) is 6.12. The van der Waals surface area contributed by atoms with Gasteiger partial charge in [-0.2, -0.15) is 0 Å². The van der Waals surface area contributed by atoms with Crippen molar-refractivity contribution in [2.45, 2.75) is 32.6 Å². The molecule has 2 aromatic heterocycles. The Morgan fingerprint density at radius 1 is 1.46 bits per heavy atom. The van der Waals surface area contributed by atoms with Gasteiger partial charge in [0.25, 0.3) is 0 Å². The molecule has 0 aliphatic heterocycles. The number of carbonyl (C=O) groups is 2. The number of nitrogens with zero attached hydrogens (tertiary/aromatic N) is 4. The van der Waals surface area contributed by atoms with Crippen LogP contribution in [0.3, 0.4) is 0 Å². The second kappa shape index (κ2) is 6.68. The lowest BCUT2D eigenvalue weighted by molar-refractivity contribution is 0.0526. The summed E-state index contributed by atoms with van der Waals surface area (Å²) >= 11 is 3.18. The van der Waals surface area contributed by atoms with E-state index in [-0.39, 0.29) is 23.9 Å². The van der Waals surface area contributed by atoms with Crippen LogP contribution in [-0.2, 0) is 4.74 Å². The van der Waals surface area contributed by atoms with E-state index in [0.717, 1.165) is 18.5 Å². The van der Waals surface area contributed by atoms with Gasteiger partial charge in [-0.25, -0.2) is 19.4 Å². The molecule has 2 aromatic rings. The minimum Gasteiger partial charge on any atom is -0.462 e. The minimum absolute atomic E-state index is 0.153. The highest BCUT2D eigenvalue weighted by atomic mass is 79.9. The quantitative estimate of drug-likeness (QED) is 0.615. The summed E-state index contributed by atoms with van der Waals surface area (Å²) in [5, 5.41) is 7.26. The van der Waals surface area contributed by atoms with E-state index in [2.05, 4.69) is 36.3 Å². The fourth-order valence-electron chi connectivity index (χ4n) is 2.31. The molecule has 1 fully saturated rings. The number of ether oxygens (including phenoxy) is 1. The van der Waals surface area contributed by atoms with Crippen LogP contribution in [-0.4, -0.2) is 38.2 Å². The monoisotopic (exact) mass is 393 g/mol. The largest absolute Gasteiger partial charge is 0.462 e. The smallest absolute Gasteiger partial charge is 0.343 e. The van der Waals surface area contributed by atoms with Crippen molar-refractivity contribution >= 4 is 39.4 Å². The van der Waals surface area contributed by atoms with Gasteiger partial charge in [0.15, 0.2) is 16.4 Å². The zero-order valence-corrected chi connectivity index (χ0v) is 14.8. The third-order valence-electron chi connectivity index (χ3n) is 3.53. The topological polar surface area (TPSA) is 99.0 Å². The SMILES string of the molecule is CCOC(=O)c1cnc(Br)nc1Nc1cc(C2CC2)n(C(C)=O)n1. The van der Waals surface area contributed by atoms with Crippen molar-refractivity contribution in [1.82, 2.24) is 19.7 Å². The standard InChI is InChI=1S/C15H16BrN5O3/c1-3-24-14(23)10-7-17-15(16)19-13(10)18-12-6-11(9-4-5-9)21(20-12)8(2)22/h6-7,9H,3-5H2,1-2H3,(H,17,18,19,20). The minimum atomic E-state index is -0.527. The average molecular weight is 394 g/mol. The Hall–Kier alpha value is -2.29. The third-order valence-corrected chi connectivity index (χ3v) is 3.91. The Kier molecular flexibility index (Phi) is 4.61. The first-order valence-electron chi connectivity index (χ1n) is 7.57. The zero-order valence-electron chi connectivity index (χ0n) is 13.2. The highest BCUT2D eigenvalue weighted by Crippen LogP contribution is 2.41. The first kappa shape index (κ1) is 16.6. The highest BCUT2D eigenvalue weighted by Gasteiger charge is 2.29. The summed E-state index contributed by atoms with van der Waals surface area (Å²) in [6.07, 6.45) is 3.47. The lowest BCUT2D eigenvalue weighted by Crippen LogP contribution is -2.12. The van der Waals surface area contributed by atoms with Crippen molar-refractivity contribution in [3.05, 3.63) is 28.3 Å². The van der Waals surface area contributed by atoms with Crippen molar-refractivity contribution in [2.75, 3.05) is 11.9 Å². The lowest BCUT2D eigenvalue weighted by atomic mass is 10.3. The van der Waals surface area contributed by atoms with Gasteiger partial charge in [0.2, 0.25) is 5.91 Å². The molecular formula is C15H16BrN5O3.